The van der Waals surface area contributed by atoms with Crippen LogP contribution in [0.15, 0.2) is 42.5 Å². The Balaban J connectivity index is 2.12. The van der Waals surface area contributed by atoms with Gasteiger partial charge in [-0.15, -0.1) is 0 Å². The molecule has 154 valence electrons. The molecule has 0 saturated carbocycles. The van der Waals surface area contributed by atoms with E-state index in [2.05, 4.69) is 34.9 Å². The molecule has 5 nitrogen and oxygen atoms in total. The molecule has 0 heterocycles. The van der Waals surface area contributed by atoms with Gasteiger partial charge in [-0.05, 0) is 86.3 Å². The van der Waals surface area contributed by atoms with Crippen molar-refractivity contribution in [2.75, 3.05) is 32.7 Å². The van der Waals surface area contributed by atoms with Crippen LogP contribution in [0.4, 0.5) is 0 Å². The van der Waals surface area contributed by atoms with Crippen molar-refractivity contribution in [3.63, 3.8) is 0 Å². The summed E-state index contributed by atoms with van der Waals surface area (Å²) in [7, 11) is 0. The van der Waals surface area contributed by atoms with Crippen LogP contribution in [-0.2, 0) is 4.79 Å². The number of fused-ring (bicyclic) bond motifs is 1. The summed E-state index contributed by atoms with van der Waals surface area (Å²) in [4.78, 5) is 12.4. The van der Waals surface area contributed by atoms with Gasteiger partial charge in [0.15, 0.2) is 0 Å². The maximum atomic E-state index is 12.4. The molecule has 2 aromatic carbocycles. The maximum Gasteiger partial charge on any atom is 0.230 e. The topological polar surface area (TPSA) is 93.2 Å². The van der Waals surface area contributed by atoms with Crippen molar-refractivity contribution in [3.05, 3.63) is 48.0 Å². The van der Waals surface area contributed by atoms with Gasteiger partial charge >= 0.3 is 0 Å². The average molecular weight is 405 g/mol. The Kier molecular flexibility index (Phi) is 10.5. The fourth-order valence-corrected chi connectivity index (χ4v) is 3.78. The number of halogens is 1. The highest BCUT2D eigenvalue weighted by Gasteiger charge is 2.28. The second-order valence-electron chi connectivity index (χ2n) is 7.13. The van der Waals surface area contributed by atoms with Crippen LogP contribution < -0.4 is 22.1 Å². The van der Waals surface area contributed by atoms with Gasteiger partial charge in [0.05, 0.1) is 5.92 Å². The number of hydrogen-bond acceptors (Lipinski definition) is 5. The number of carbonyl (C=O) groups excluding carboxylic acids is 1. The number of benzene rings is 2. The van der Waals surface area contributed by atoms with E-state index in [4.69, 9.17) is 23.1 Å². The second kappa shape index (κ2) is 12.9. The van der Waals surface area contributed by atoms with E-state index < -0.39 is 0 Å². The second-order valence-corrected chi connectivity index (χ2v) is 7.50. The zero-order chi connectivity index (χ0) is 20.2. The van der Waals surface area contributed by atoms with Gasteiger partial charge in [-0.2, -0.15) is 0 Å². The summed E-state index contributed by atoms with van der Waals surface area (Å²) in [6.45, 7) is 3.91. The van der Waals surface area contributed by atoms with Gasteiger partial charge in [-0.1, -0.05) is 42.5 Å². The molecule has 2 rings (SSSR count). The normalized spacial score (nSPS) is 13.5. The molecular weight excluding hydrogens is 372 g/mol. The number of hydrogen-bond donors (Lipinski definition) is 4. The van der Waals surface area contributed by atoms with Crippen molar-refractivity contribution in [1.29, 1.82) is 0 Å². The van der Waals surface area contributed by atoms with Crippen LogP contribution in [0.5, 0.6) is 0 Å². The Labute approximate surface area is 173 Å². The molecule has 2 unspecified atom stereocenters. The minimum Gasteiger partial charge on any atom is -0.330 e. The van der Waals surface area contributed by atoms with Crippen molar-refractivity contribution in [3.8, 4) is 0 Å². The van der Waals surface area contributed by atoms with E-state index in [0.29, 0.717) is 13.1 Å². The monoisotopic (exact) mass is 404 g/mol. The molecule has 2 aromatic rings. The third kappa shape index (κ3) is 7.15. The molecule has 0 radical (unpaired) electrons. The van der Waals surface area contributed by atoms with Crippen molar-refractivity contribution in [1.82, 2.24) is 10.6 Å². The van der Waals surface area contributed by atoms with Crippen LogP contribution in [0.2, 0.25) is 0 Å². The van der Waals surface area contributed by atoms with Crippen LogP contribution in [-0.4, -0.2) is 44.0 Å². The predicted molar refractivity (Wildman–Crippen MR) is 119 cm³/mol. The molecule has 0 aromatic heterocycles. The lowest BCUT2D eigenvalue weighted by molar-refractivity contribution is -0.113. The zero-order valence-corrected chi connectivity index (χ0v) is 17.3. The SMILES string of the molecule is NCCCNCCCC(NCCCN)C(C(=O)Cl)c1ccc2ccccc2c1. The lowest BCUT2D eigenvalue weighted by Gasteiger charge is -2.26. The highest BCUT2D eigenvalue weighted by Crippen LogP contribution is 2.28. The first-order chi connectivity index (χ1) is 13.7. The first kappa shape index (κ1) is 22.8. The summed E-state index contributed by atoms with van der Waals surface area (Å²) in [5.74, 6) is -0.381. The molecule has 0 aliphatic heterocycles. The van der Waals surface area contributed by atoms with Crippen molar-refractivity contribution < 1.29 is 4.79 Å². The van der Waals surface area contributed by atoms with Crippen molar-refractivity contribution in [2.45, 2.75) is 37.6 Å². The van der Waals surface area contributed by atoms with E-state index in [1.165, 1.54) is 0 Å². The predicted octanol–water partition coefficient (Wildman–Crippen LogP) is 2.71. The minimum atomic E-state index is -0.381. The van der Waals surface area contributed by atoms with E-state index in [1.54, 1.807) is 0 Å². The van der Waals surface area contributed by atoms with Gasteiger partial charge in [0.1, 0.15) is 0 Å². The van der Waals surface area contributed by atoms with E-state index >= 15 is 0 Å². The van der Waals surface area contributed by atoms with Gasteiger partial charge in [-0.3, -0.25) is 4.79 Å². The average Bonchev–Trinajstić information content (AvgIpc) is 2.70. The Hall–Kier alpha value is -1.50. The third-order valence-electron chi connectivity index (χ3n) is 4.99. The number of carbonyl (C=O) groups is 1. The van der Waals surface area contributed by atoms with Gasteiger partial charge in [0, 0.05) is 6.04 Å². The Morgan fingerprint density at radius 3 is 2.32 bits per heavy atom. The van der Waals surface area contributed by atoms with Crippen LogP contribution >= 0.6 is 11.6 Å². The summed E-state index contributed by atoms with van der Waals surface area (Å²) < 4.78 is 0. The van der Waals surface area contributed by atoms with Gasteiger partial charge in [0.2, 0.25) is 5.24 Å². The van der Waals surface area contributed by atoms with Gasteiger partial charge in [0.25, 0.3) is 0 Å². The first-order valence-corrected chi connectivity index (χ1v) is 10.6. The molecule has 0 amide bonds. The number of rotatable bonds is 14. The van der Waals surface area contributed by atoms with E-state index in [-0.39, 0.29) is 17.2 Å². The minimum absolute atomic E-state index is 0.0194. The van der Waals surface area contributed by atoms with Crippen LogP contribution in [0.3, 0.4) is 0 Å². The molecular formula is C22H33ClN4O. The fraction of sp³-hybridized carbons (Fsp3) is 0.500. The molecule has 0 aliphatic rings. The van der Waals surface area contributed by atoms with Crippen molar-refractivity contribution >= 4 is 27.6 Å². The van der Waals surface area contributed by atoms with E-state index in [0.717, 1.165) is 61.7 Å². The van der Waals surface area contributed by atoms with E-state index in [1.807, 2.05) is 18.2 Å². The van der Waals surface area contributed by atoms with E-state index in [9.17, 15) is 4.79 Å². The summed E-state index contributed by atoms with van der Waals surface area (Å²) in [5.41, 5.74) is 12.1. The maximum absolute atomic E-state index is 12.4. The molecule has 6 N–H and O–H groups in total. The largest absolute Gasteiger partial charge is 0.330 e. The quantitative estimate of drug-likeness (QED) is 0.287. The first-order valence-electron chi connectivity index (χ1n) is 10.2. The highest BCUT2D eigenvalue weighted by atomic mass is 35.5. The third-order valence-corrected chi connectivity index (χ3v) is 5.23. The molecule has 28 heavy (non-hydrogen) atoms. The van der Waals surface area contributed by atoms with Gasteiger partial charge < -0.3 is 22.1 Å². The van der Waals surface area contributed by atoms with Crippen molar-refractivity contribution in [2.24, 2.45) is 11.5 Å². The zero-order valence-electron chi connectivity index (χ0n) is 16.5. The van der Waals surface area contributed by atoms with Crippen LogP contribution in [0.25, 0.3) is 10.8 Å². The number of nitrogens with two attached hydrogens (primary N) is 2. The smallest absolute Gasteiger partial charge is 0.230 e. The lowest BCUT2D eigenvalue weighted by Crippen LogP contribution is -2.39. The summed E-state index contributed by atoms with van der Waals surface area (Å²) in [5, 5.41) is 8.86. The number of nitrogens with one attached hydrogen (secondary N) is 2. The molecule has 0 bridgehead atoms. The molecule has 0 spiro atoms. The fourth-order valence-electron chi connectivity index (χ4n) is 3.50. The Bertz CT molecular complexity index is 725. The Morgan fingerprint density at radius 2 is 1.61 bits per heavy atom. The highest BCUT2D eigenvalue weighted by molar-refractivity contribution is 6.64. The lowest BCUT2D eigenvalue weighted by atomic mass is 9.88. The molecule has 2 atom stereocenters. The Morgan fingerprint density at radius 1 is 0.929 bits per heavy atom. The molecule has 0 fully saturated rings. The van der Waals surface area contributed by atoms with Crippen LogP contribution in [0.1, 0.15) is 37.2 Å². The van der Waals surface area contributed by atoms with Gasteiger partial charge in [-0.25, -0.2) is 0 Å². The molecule has 0 saturated heterocycles. The summed E-state index contributed by atoms with van der Waals surface area (Å²) in [6.07, 6.45) is 3.65. The standard InChI is InChI=1S/C22H33ClN4O/c23-22(28)21(19-10-9-17-6-1-2-7-18(17)16-19)20(27-15-5-12-25)8-3-13-26-14-4-11-24/h1-2,6-7,9-10,16,20-21,26-27H,3-5,8,11-15,24-25H2. The summed E-state index contributed by atoms with van der Waals surface area (Å²) >= 11 is 6.09. The molecule has 6 heteroatoms. The van der Waals surface area contributed by atoms with Crippen LogP contribution in [0, 0.1) is 0 Å². The molecule has 0 aliphatic carbocycles. The summed E-state index contributed by atoms with van der Waals surface area (Å²) in [6, 6.07) is 14.3.